The van der Waals surface area contributed by atoms with Crippen molar-refractivity contribution in [1.29, 1.82) is 0 Å². The van der Waals surface area contributed by atoms with Crippen LogP contribution in [0.2, 0.25) is 0 Å². The zero-order valence-electron chi connectivity index (χ0n) is 10.7. The number of hydrogen-bond acceptors (Lipinski definition) is 7. The fourth-order valence-corrected chi connectivity index (χ4v) is 1.37. The third-order valence-electron chi connectivity index (χ3n) is 2.31. The fraction of sp³-hybridized carbons (Fsp3) is 0.385. The van der Waals surface area contributed by atoms with Crippen LogP contribution in [0.5, 0.6) is 0 Å². The second-order valence-electron chi connectivity index (χ2n) is 3.86. The summed E-state index contributed by atoms with van der Waals surface area (Å²) in [6.07, 6.45) is -0.823. The number of benzene rings is 1. The van der Waals surface area contributed by atoms with E-state index in [0.29, 0.717) is 11.1 Å². The molecule has 0 fully saturated rings. The number of fused-ring (bicyclic) bond motifs is 1. The number of rotatable bonds is 5. The van der Waals surface area contributed by atoms with Gasteiger partial charge in [0.05, 0.1) is 37.6 Å². The molecule has 3 N–H and O–H groups in total. The van der Waals surface area contributed by atoms with Gasteiger partial charge in [-0.25, -0.2) is 9.59 Å². The van der Waals surface area contributed by atoms with E-state index >= 15 is 0 Å². The highest BCUT2D eigenvalue weighted by Gasteiger charge is 2.28. The molecule has 1 aliphatic heterocycles. The Kier molecular flexibility index (Phi) is 6.82. The quantitative estimate of drug-likeness (QED) is 0.374. The van der Waals surface area contributed by atoms with Gasteiger partial charge in [-0.1, -0.05) is 12.1 Å². The van der Waals surface area contributed by atoms with Crippen molar-refractivity contribution in [3.8, 4) is 0 Å². The van der Waals surface area contributed by atoms with Crippen LogP contribution in [0.3, 0.4) is 0 Å². The third kappa shape index (κ3) is 4.71. The minimum absolute atomic E-state index is 0.0574. The third-order valence-corrected chi connectivity index (χ3v) is 2.31. The normalized spacial score (nSPS) is 14.2. The summed E-state index contributed by atoms with van der Waals surface area (Å²) < 4.78 is 9.03. The molecule has 1 atom stereocenters. The van der Waals surface area contributed by atoms with Crippen molar-refractivity contribution in [1.82, 2.24) is 0 Å². The molecule has 0 aromatic heterocycles. The highest BCUT2D eigenvalue weighted by atomic mass is 16.6. The highest BCUT2D eigenvalue weighted by molar-refractivity contribution is 6.14. The molecular weight excluding hydrogens is 268 g/mol. The standard InChI is InChI=1S/C8H4O3.C5H12O4/c9-7-5-3-1-2-4-6(5)8(10)11-7;6-1-2-9-4-5(8)3-7/h1-4H;5-8H,1-4H2. The number of cyclic esters (lactones) is 2. The molecule has 7 nitrogen and oxygen atoms in total. The molecule has 1 aromatic carbocycles. The van der Waals surface area contributed by atoms with E-state index in [1.165, 1.54) is 0 Å². The molecule has 0 bridgehead atoms. The zero-order valence-corrected chi connectivity index (χ0v) is 10.7. The molecule has 0 saturated heterocycles. The summed E-state index contributed by atoms with van der Waals surface area (Å²) in [5.74, 6) is -1.10. The van der Waals surface area contributed by atoms with Crippen molar-refractivity contribution in [2.75, 3.05) is 26.4 Å². The van der Waals surface area contributed by atoms with Crippen LogP contribution in [0.1, 0.15) is 20.7 Å². The first-order valence-corrected chi connectivity index (χ1v) is 5.93. The van der Waals surface area contributed by atoms with Crippen LogP contribution in [0.25, 0.3) is 0 Å². The Hall–Kier alpha value is -1.80. The largest absolute Gasteiger partial charge is 0.394 e. The van der Waals surface area contributed by atoms with Gasteiger partial charge >= 0.3 is 11.9 Å². The smallest absolute Gasteiger partial charge is 0.346 e. The maximum atomic E-state index is 10.8. The Morgan fingerprint density at radius 2 is 1.65 bits per heavy atom. The van der Waals surface area contributed by atoms with Gasteiger partial charge in [0.25, 0.3) is 0 Å². The van der Waals surface area contributed by atoms with Crippen LogP contribution in [-0.2, 0) is 9.47 Å². The van der Waals surface area contributed by atoms with Crippen molar-refractivity contribution in [3.63, 3.8) is 0 Å². The van der Waals surface area contributed by atoms with Crippen molar-refractivity contribution >= 4 is 11.9 Å². The van der Waals surface area contributed by atoms with Crippen molar-refractivity contribution in [3.05, 3.63) is 35.4 Å². The number of carbonyl (C=O) groups is 2. The second-order valence-corrected chi connectivity index (χ2v) is 3.86. The van der Waals surface area contributed by atoms with Gasteiger partial charge < -0.3 is 24.8 Å². The molecule has 1 unspecified atom stereocenters. The minimum Gasteiger partial charge on any atom is -0.394 e. The van der Waals surface area contributed by atoms with E-state index in [2.05, 4.69) is 9.47 Å². The molecule has 20 heavy (non-hydrogen) atoms. The lowest BCUT2D eigenvalue weighted by Gasteiger charge is -2.05. The van der Waals surface area contributed by atoms with Gasteiger partial charge in [-0.05, 0) is 12.1 Å². The molecule has 0 spiro atoms. The van der Waals surface area contributed by atoms with Crippen LogP contribution >= 0.6 is 0 Å². The molecular formula is C13H16O7. The molecule has 1 aromatic rings. The zero-order chi connectivity index (χ0) is 15.0. The maximum absolute atomic E-state index is 10.8. The Labute approximate surface area is 115 Å². The van der Waals surface area contributed by atoms with E-state index in [1.54, 1.807) is 24.3 Å². The van der Waals surface area contributed by atoms with Crippen molar-refractivity contribution in [2.24, 2.45) is 0 Å². The van der Waals surface area contributed by atoms with E-state index in [-0.39, 0.29) is 26.4 Å². The van der Waals surface area contributed by atoms with Crippen LogP contribution in [0.4, 0.5) is 0 Å². The molecule has 7 heteroatoms. The van der Waals surface area contributed by atoms with E-state index in [1.807, 2.05) is 0 Å². The number of aliphatic hydroxyl groups excluding tert-OH is 3. The molecule has 1 aliphatic rings. The van der Waals surface area contributed by atoms with Crippen LogP contribution < -0.4 is 0 Å². The van der Waals surface area contributed by atoms with Crippen LogP contribution in [0.15, 0.2) is 24.3 Å². The maximum Gasteiger partial charge on any atom is 0.346 e. The van der Waals surface area contributed by atoms with Crippen molar-refractivity contribution < 1.29 is 34.4 Å². The van der Waals surface area contributed by atoms with Crippen LogP contribution in [-0.4, -0.2) is 59.8 Å². The van der Waals surface area contributed by atoms with Crippen LogP contribution in [0, 0.1) is 0 Å². The summed E-state index contributed by atoms with van der Waals surface area (Å²) in [5, 5.41) is 25.1. The topological polar surface area (TPSA) is 113 Å². The summed E-state index contributed by atoms with van der Waals surface area (Å²) >= 11 is 0. The fourth-order valence-electron chi connectivity index (χ4n) is 1.37. The molecule has 0 saturated carbocycles. The van der Waals surface area contributed by atoms with E-state index in [4.69, 9.17) is 15.3 Å². The molecule has 0 amide bonds. The first-order valence-electron chi connectivity index (χ1n) is 5.93. The monoisotopic (exact) mass is 284 g/mol. The number of hydrogen-bond donors (Lipinski definition) is 3. The predicted molar refractivity (Wildman–Crippen MR) is 67.2 cm³/mol. The summed E-state index contributed by atoms with van der Waals surface area (Å²) in [7, 11) is 0. The van der Waals surface area contributed by atoms with Gasteiger partial charge in [-0.15, -0.1) is 0 Å². The predicted octanol–water partition coefficient (Wildman–Crippen LogP) is -0.654. The van der Waals surface area contributed by atoms with Crippen molar-refractivity contribution in [2.45, 2.75) is 6.10 Å². The number of esters is 2. The Bertz CT molecular complexity index is 425. The van der Waals surface area contributed by atoms with Gasteiger partial charge in [0.1, 0.15) is 6.10 Å². The summed E-state index contributed by atoms with van der Waals surface area (Å²) in [4.78, 5) is 21.7. The number of ether oxygens (including phenoxy) is 2. The van der Waals surface area contributed by atoms with E-state index < -0.39 is 18.0 Å². The summed E-state index contributed by atoms with van der Waals surface area (Å²) in [6, 6.07) is 6.53. The van der Waals surface area contributed by atoms with E-state index in [9.17, 15) is 9.59 Å². The van der Waals surface area contributed by atoms with Gasteiger partial charge in [-0.3, -0.25) is 0 Å². The minimum atomic E-state index is -0.823. The lowest BCUT2D eigenvalue weighted by atomic mass is 10.1. The van der Waals surface area contributed by atoms with E-state index in [0.717, 1.165) is 0 Å². The van der Waals surface area contributed by atoms with Gasteiger partial charge in [0, 0.05) is 0 Å². The van der Waals surface area contributed by atoms with Gasteiger partial charge in [0.15, 0.2) is 0 Å². The molecule has 0 radical (unpaired) electrons. The average Bonchev–Trinajstić information content (AvgIpc) is 2.75. The summed E-state index contributed by atoms with van der Waals surface area (Å²) in [6.45, 7) is -0.0717. The first-order chi connectivity index (χ1) is 9.60. The second kappa shape index (κ2) is 8.39. The average molecular weight is 284 g/mol. The molecule has 110 valence electrons. The lowest BCUT2D eigenvalue weighted by Crippen LogP contribution is -2.20. The highest BCUT2D eigenvalue weighted by Crippen LogP contribution is 2.18. The van der Waals surface area contributed by atoms with Gasteiger partial charge in [0.2, 0.25) is 0 Å². The summed E-state index contributed by atoms with van der Waals surface area (Å²) in [5.41, 5.74) is 0.718. The Morgan fingerprint density at radius 3 is 2.10 bits per heavy atom. The molecule has 0 aliphatic carbocycles. The molecule has 2 rings (SSSR count). The number of carbonyl (C=O) groups excluding carboxylic acids is 2. The first kappa shape index (κ1) is 16.3. The Balaban J connectivity index is 0.000000206. The lowest BCUT2D eigenvalue weighted by molar-refractivity contribution is -0.00361. The SMILES string of the molecule is O=C1OC(=O)c2ccccc21.OCCOCC(O)CO. The van der Waals surface area contributed by atoms with Gasteiger partial charge in [-0.2, -0.15) is 0 Å². The number of aliphatic hydroxyl groups is 3. The molecule has 1 heterocycles. The Morgan fingerprint density at radius 1 is 1.10 bits per heavy atom.